The second-order valence-electron chi connectivity index (χ2n) is 4.86. The maximum absolute atomic E-state index is 14.0. The molecule has 0 saturated heterocycles. The number of benzene rings is 1. The molecule has 1 fully saturated rings. The molecule has 1 aliphatic heterocycles. The Bertz CT molecular complexity index is 424. The summed E-state index contributed by atoms with van der Waals surface area (Å²) in [5.41, 5.74) is 7.63. The Morgan fingerprint density at radius 1 is 1.25 bits per heavy atom. The van der Waals surface area contributed by atoms with Crippen LogP contribution in [-0.4, -0.2) is 6.61 Å². The van der Waals surface area contributed by atoms with Gasteiger partial charge in [-0.15, -0.1) is 0 Å². The minimum absolute atomic E-state index is 0.159. The monoisotopic (exact) mass is 221 g/mol. The van der Waals surface area contributed by atoms with Crippen molar-refractivity contribution in [2.24, 2.45) is 5.73 Å². The van der Waals surface area contributed by atoms with Crippen LogP contribution in [0.4, 0.5) is 4.39 Å². The molecule has 1 aromatic rings. The molecule has 2 nitrogen and oxygen atoms in total. The van der Waals surface area contributed by atoms with E-state index in [0.717, 1.165) is 49.0 Å². The van der Waals surface area contributed by atoms with Gasteiger partial charge >= 0.3 is 0 Å². The number of fused-ring (bicyclic) bond motifs is 1. The Labute approximate surface area is 94.6 Å². The normalized spacial score (nSPS) is 21.9. The van der Waals surface area contributed by atoms with E-state index < -0.39 is 5.54 Å². The highest BCUT2D eigenvalue weighted by atomic mass is 19.1. The van der Waals surface area contributed by atoms with Crippen molar-refractivity contribution in [2.45, 2.75) is 37.6 Å². The van der Waals surface area contributed by atoms with Crippen molar-refractivity contribution in [3.05, 3.63) is 29.1 Å². The molecule has 1 heterocycles. The minimum Gasteiger partial charge on any atom is -0.493 e. The lowest BCUT2D eigenvalue weighted by Gasteiger charge is -2.26. The lowest BCUT2D eigenvalue weighted by Crippen LogP contribution is -2.35. The van der Waals surface area contributed by atoms with E-state index in [4.69, 9.17) is 10.5 Å². The SMILES string of the molecule is NC1(c2c(F)ccc3c2CCO3)CCCC1. The van der Waals surface area contributed by atoms with Gasteiger partial charge in [0, 0.05) is 23.1 Å². The van der Waals surface area contributed by atoms with E-state index in [1.54, 1.807) is 6.07 Å². The van der Waals surface area contributed by atoms with E-state index in [1.165, 1.54) is 6.07 Å². The van der Waals surface area contributed by atoms with Crippen molar-refractivity contribution in [2.75, 3.05) is 6.61 Å². The third kappa shape index (κ3) is 1.34. The lowest BCUT2D eigenvalue weighted by molar-refractivity contribution is 0.356. The molecule has 0 bridgehead atoms. The first kappa shape index (κ1) is 10.1. The Morgan fingerprint density at radius 2 is 2.00 bits per heavy atom. The molecular formula is C13H16FNO. The molecular weight excluding hydrogens is 205 g/mol. The average molecular weight is 221 g/mol. The van der Waals surface area contributed by atoms with Crippen molar-refractivity contribution in [3.8, 4) is 5.75 Å². The van der Waals surface area contributed by atoms with Gasteiger partial charge in [0.1, 0.15) is 11.6 Å². The molecule has 0 amide bonds. The van der Waals surface area contributed by atoms with Crippen LogP contribution in [0.2, 0.25) is 0 Å². The molecule has 3 heteroatoms. The topological polar surface area (TPSA) is 35.2 Å². The van der Waals surface area contributed by atoms with Crippen LogP contribution >= 0.6 is 0 Å². The second kappa shape index (κ2) is 3.45. The summed E-state index contributed by atoms with van der Waals surface area (Å²) in [6, 6.07) is 3.21. The number of ether oxygens (including phenoxy) is 1. The number of halogens is 1. The van der Waals surface area contributed by atoms with Gasteiger partial charge in [-0.1, -0.05) is 12.8 Å². The van der Waals surface area contributed by atoms with Crippen LogP contribution in [0.3, 0.4) is 0 Å². The molecule has 2 N–H and O–H groups in total. The Morgan fingerprint density at radius 3 is 2.75 bits per heavy atom. The van der Waals surface area contributed by atoms with Gasteiger partial charge < -0.3 is 10.5 Å². The molecule has 16 heavy (non-hydrogen) atoms. The third-order valence-electron chi connectivity index (χ3n) is 3.82. The van der Waals surface area contributed by atoms with Crippen molar-refractivity contribution >= 4 is 0 Å². The number of hydrogen-bond acceptors (Lipinski definition) is 2. The van der Waals surface area contributed by atoms with Gasteiger partial charge in [-0.05, 0) is 25.0 Å². The summed E-state index contributed by atoms with van der Waals surface area (Å²) in [4.78, 5) is 0. The summed E-state index contributed by atoms with van der Waals surface area (Å²) in [6.45, 7) is 0.655. The van der Waals surface area contributed by atoms with Gasteiger partial charge in [-0.25, -0.2) is 4.39 Å². The molecule has 0 aromatic heterocycles. The van der Waals surface area contributed by atoms with Gasteiger partial charge in [0.15, 0.2) is 0 Å². The first-order chi connectivity index (χ1) is 7.71. The first-order valence-corrected chi connectivity index (χ1v) is 5.94. The molecule has 3 rings (SSSR count). The molecule has 0 spiro atoms. The second-order valence-corrected chi connectivity index (χ2v) is 4.86. The molecule has 0 unspecified atom stereocenters. The van der Waals surface area contributed by atoms with Gasteiger partial charge in [0.25, 0.3) is 0 Å². The predicted molar refractivity (Wildman–Crippen MR) is 59.9 cm³/mol. The molecule has 2 aliphatic rings. The highest BCUT2D eigenvalue weighted by Gasteiger charge is 2.37. The summed E-state index contributed by atoms with van der Waals surface area (Å²) >= 11 is 0. The van der Waals surface area contributed by atoms with Crippen LogP contribution in [0.15, 0.2) is 12.1 Å². The minimum atomic E-state index is -0.455. The van der Waals surface area contributed by atoms with Crippen LogP contribution in [0.25, 0.3) is 0 Å². The maximum atomic E-state index is 14.0. The summed E-state index contributed by atoms with van der Waals surface area (Å²) in [5.74, 6) is 0.668. The van der Waals surface area contributed by atoms with Crippen molar-refractivity contribution in [1.82, 2.24) is 0 Å². The number of rotatable bonds is 1. The van der Waals surface area contributed by atoms with Crippen molar-refractivity contribution in [1.29, 1.82) is 0 Å². The zero-order chi connectivity index (χ0) is 11.2. The zero-order valence-electron chi connectivity index (χ0n) is 9.26. The standard InChI is InChI=1S/C13H16FNO/c14-10-3-4-11-9(5-8-16-11)12(10)13(15)6-1-2-7-13/h3-4H,1-2,5-8,15H2. The van der Waals surface area contributed by atoms with Crippen LogP contribution in [0, 0.1) is 5.82 Å². The third-order valence-corrected chi connectivity index (χ3v) is 3.82. The molecule has 0 atom stereocenters. The fourth-order valence-corrected chi connectivity index (χ4v) is 3.04. The van der Waals surface area contributed by atoms with Gasteiger partial charge in [0.2, 0.25) is 0 Å². The summed E-state index contributed by atoms with van der Waals surface area (Å²) < 4.78 is 19.5. The summed E-state index contributed by atoms with van der Waals surface area (Å²) in [5, 5.41) is 0. The van der Waals surface area contributed by atoms with Crippen LogP contribution in [0.5, 0.6) is 5.75 Å². The zero-order valence-corrected chi connectivity index (χ0v) is 9.26. The van der Waals surface area contributed by atoms with E-state index >= 15 is 0 Å². The Balaban J connectivity index is 2.15. The van der Waals surface area contributed by atoms with Gasteiger partial charge in [-0.3, -0.25) is 0 Å². The lowest BCUT2D eigenvalue weighted by atomic mass is 9.84. The van der Waals surface area contributed by atoms with Crippen molar-refractivity contribution in [3.63, 3.8) is 0 Å². The molecule has 0 radical (unpaired) electrons. The number of nitrogens with two attached hydrogens (primary N) is 1. The highest BCUT2D eigenvalue weighted by Crippen LogP contribution is 2.43. The van der Waals surface area contributed by atoms with Crippen LogP contribution < -0.4 is 10.5 Å². The Kier molecular flexibility index (Phi) is 2.18. The molecule has 86 valence electrons. The number of hydrogen-bond donors (Lipinski definition) is 1. The summed E-state index contributed by atoms with van der Waals surface area (Å²) in [6.07, 6.45) is 4.77. The van der Waals surface area contributed by atoms with Gasteiger partial charge in [-0.2, -0.15) is 0 Å². The van der Waals surface area contributed by atoms with Gasteiger partial charge in [0.05, 0.1) is 6.61 Å². The largest absolute Gasteiger partial charge is 0.493 e. The van der Waals surface area contributed by atoms with Crippen molar-refractivity contribution < 1.29 is 9.13 Å². The summed E-state index contributed by atoms with van der Waals surface area (Å²) in [7, 11) is 0. The smallest absolute Gasteiger partial charge is 0.128 e. The van der Waals surface area contributed by atoms with Crippen LogP contribution in [-0.2, 0) is 12.0 Å². The van der Waals surface area contributed by atoms with E-state index in [2.05, 4.69) is 0 Å². The average Bonchev–Trinajstić information content (AvgIpc) is 2.86. The maximum Gasteiger partial charge on any atom is 0.128 e. The van der Waals surface area contributed by atoms with Crippen LogP contribution in [0.1, 0.15) is 36.8 Å². The van der Waals surface area contributed by atoms with E-state index in [1.807, 2.05) is 0 Å². The van der Waals surface area contributed by atoms with E-state index in [-0.39, 0.29) is 5.82 Å². The fourth-order valence-electron chi connectivity index (χ4n) is 3.04. The first-order valence-electron chi connectivity index (χ1n) is 5.94. The van der Waals surface area contributed by atoms with E-state index in [0.29, 0.717) is 6.61 Å². The highest BCUT2D eigenvalue weighted by molar-refractivity contribution is 5.47. The Hall–Kier alpha value is -1.09. The predicted octanol–water partition coefficient (Wildman–Crippen LogP) is 2.49. The quantitative estimate of drug-likeness (QED) is 0.790. The fraction of sp³-hybridized carbons (Fsp3) is 0.538. The molecule has 1 saturated carbocycles. The molecule has 1 aliphatic carbocycles. The molecule has 1 aromatic carbocycles. The van der Waals surface area contributed by atoms with E-state index in [9.17, 15) is 4.39 Å².